The molecule has 0 unspecified atom stereocenters. The predicted molar refractivity (Wildman–Crippen MR) is 82.9 cm³/mol. The van der Waals surface area contributed by atoms with E-state index in [4.69, 9.17) is 4.74 Å². The number of anilines is 2. The Balaban J connectivity index is 2.21. The van der Waals surface area contributed by atoms with Crippen LogP contribution in [-0.4, -0.2) is 16.7 Å². The van der Waals surface area contributed by atoms with Crippen LogP contribution in [0.1, 0.15) is 31.0 Å². The average Bonchev–Trinajstić information content (AvgIpc) is 2.78. The van der Waals surface area contributed by atoms with Crippen LogP contribution < -0.4 is 10.1 Å². The molecule has 0 fully saturated rings. The van der Waals surface area contributed by atoms with Crippen molar-refractivity contribution in [3.63, 3.8) is 0 Å². The van der Waals surface area contributed by atoms with Gasteiger partial charge in [0.25, 0.3) is 0 Å². The third-order valence-corrected chi connectivity index (χ3v) is 3.33. The number of nitrogens with one attached hydrogen (secondary N) is 1. The summed E-state index contributed by atoms with van der Waals surface area (Å²) in [7, 11) is 1.68. The summed E-state index contributed by atoms with van der Waals surface area (Å²) in [6, 6.07) is 6.01. The van der Waals surface area contributed by atoms with Gasteiger partial charge >= 0.3 is 0 Å². The van der Waals surface area contributed by atoms with E-state index in [2.05, 4.69) is 34.9 Å². The zero-order valence-corrected chi connectivity index (χ0v) is 12.7. The zero-order chi connectivity index (χ0) is 14.5. The van der Waals surface area contributed by atoms with Crippen LogP contribution in [0.5, 0.6) is 5.75 Å². The fourth-order valence-corrected chi connectivity index (χ4v) is 2.17. The number of unbranched alkanes of at least 4 members (excludes halogenated alkanes) is 1. The minimum atomic E-state index is 0.874. The van der Waals surface area contributed by atoms with E-state index < -0.39 is 0 Å². The van der Waals surface area contributed by atoms with E-state index in [1.165, 1.54) is 6.42 Å². The highest BCUT2D eigenvalue weighted by Gasteiger charge is 2.07. The number of methoxy groups -OCH3 is 1. The lowest BCUT2D eigenvalue weighted by Crippen LogP contribution is -2.04. The van der Waals surface area contributed by atoms with E-state index in [1.54, 1.807) is 7.11 Å². The van der Waals surface area contributed by atoms with Crippen LogP contribution in [0.3, 0.4) is 0 Å². The summed E-state index contributed by atoms with van der Waals surface area (Å²) in [6.45, 7) is 7.28. The number of nitrogens with zero attached hydrogens (tertiary/aromatic N) is 2. The molecule has 20 heavy (non-hydrogen) atoms. The first-order chi connectivity index (χ1) is 9.63. The number of ether oxygens (including phenoxy) is 1. The summed E-state index contributed by atoms with van der Waals surface area (Å²) in [5.74, 6) is 1.78. The van der Waals surface area contributed by atoms with Gasteiger partial charge in [-0.05, 0) is 44.0 Å². The van der Waals surface area contributed by atoms with Crippen molar-refractivity contribution in [3.8, 4) is 5.75 Å². The van der Waals surface area contributed by atoms with Crippen LogP contribution >= 0.6 is 0 Å². The van der Waals surface area contributed by atoms with Crippen LogP contribution in [-0.2, 0) is 6.54 Å². The summed E-state index contributed by atoms with van der Waals surface area (Å²) in [4.78, 5) is 4.56. The van der Waals surface area contributed by atoms with Gasteiger partial charge < -0.3 is 14.6 Å². The smallest absolute Gasteiger partial charge is 0.207 e. The monoisotopic (exact) mass is 273 g/mol. The normalized spacial score (nSPS) is 10.6. The molecule has 1 heterocycles. The third kappa shape index (κ3) is 3.32. The van der Waals surface area contributed by atoms with Crippen molar-refractivity contribution in [2.45, 2.75) is 40.2 Å². The molecule has 0 atom stereocenters. The molecular formula is C16H23N3O. The van der Waals surface area contributed by atoms with Crippen molar-refractivity contribution in [2.75, 3.05) is 12.4 Å². The summed E-state index contributed by atoms with van der Waals surface area (Å²) in [6.07, 6.45) is 4.43. The number of aromatic nitrogens is 2. The Labute approximate surface area is 120 Å². The van der Waals surface area contributed by atoms with E-state index in [-0.39, 0.29) is 0 Å². The molecule has 2 aromatic rings. The molecule has 0 aliphatic rings. The van der Waals surface area contributed by atoms with Gasteiger partial charge in [-0.15, -0.1) is 0 Å². The highest BCUT2D eigenvalue weighted by atomic mass is 16.5. The number of hydrogen-bond donors (Lipinski definition) is 1. The molecule has 1 aromatic heterocycles. The molecule has 0 radical (unpaired) electrons. The second kappa shape index (κ2) is 6.46. The molecule has 1 N–H and O–H groups in total. The minimum absolute atomic E-state index is 0.874. The largest absolute Gasteiger partial charge is 0.497 e. The molecule has 1 aromatic carbocycles. The van der Waals surface area contributed by atoms with Crippen LogP contribution in [0, 0.1) is 13.8 Å². The van der Waals surface area contributed by atoms with Gasteiger partial charge in [0, 0.05) is 18.4 Å². The molecule has 0 aliphatic carbocycles. The number of rotatable bonds is 6. The highest BCUT2D eigenvalue weighted by Crippen LogP contribution is 2.24. The van der Waals surface area contributed by atoms with Crippen LogP contribution in [0.15, 0.2) is 24.4 Å². The molecule has 0 spiro atoms. The SMILES string of the molecule is CCCCn1cc(C)nc1Nc1ccc(OC)cc1C. The van der Waals surface area contributed by atoms with Gasteiger partial charge in [-0.25, -0.2) is 4.98 Å². The molecule has 4 nitrogen and oxygen atoms in total. The van der Waals surface area contributed by atoms with Gasteiger partial charge in [0.1, 0.15) is 5.75 Å². The highest BCUT2D eigenvalue weighted by molar-refractivity contribution is 5.60. The topological polar surface area (TPSA) is 39.1 Å². The average molecular weight is 273 g/mol. The van der Waals surface area contributed by atoms with Gasteiger partial charge in [-0.3, -0.25) is 0 Å². The summed E-state index contributed by atoms with van der Waals surface area (Å²) < 4.78 is 7.42. The van der Waals surface area contributed by atoms with E-state index >= 15 is 0 Å². The second-order valence-electron chi connectivity index (χ2n) is 5.06. The van der Waals surface area contributed by atoms with Gasteiger partial charge in [0.2, 0.25) is 5.95 Å². The van der Waals surface area contributed by atoms with E-state index in [0.717, 1.165) is 41.6 Å². The van der Waals surface area contributed by atoms with Crippen molar-refractivity contribution in [2.24, 2.45) is 0 Å². The Morgan fingerprint density at radius 3 is 2.75 bits per heavy atom. The maximum absolute atomic E-state index is 5.23. The van der Waals surface area contributed by atoms with Crippen molar-refractivity contribution in [1.29, 1.82) is 0 Å². The number of imidazole rings is 1. The summed E-state index contributed by atoms with van der Waals surface area (Å²) in [5.41, 5.74) is 3.25. The quantitative estimate of drug-likeness (QED) is 0.863. The summed E-state index contributed by atoms with van der Waals surface area (Å²) >= 11 is 0. The third-order valence-electron chi connectivity index (χ3n) is 3.33. The lowest BCUT2D eigenvalue weighted by atomic mass is 10.2. The number of aryl methyl sites for hydroxylation is 3. The molecule has 0 saturated heterocycles. The minimum Gasteiger partial charge on any atom is -0.497 e. The first-order valence-corrected chi connectivity index (χ1v) is 7.09. The Morgan fingerprint density at radius 2 is 2.10 bits per heavy atom. The van der Waals surface area contributed by atoms with Gasteiger partial charge in [-0.2, -0.15) is 0 Å². The van der Waals surface area contributed by atoms with Gasteiger partial charge in [-0.1, -0.05) is 13.3 Å². The van der Waals surface area contributed by atoms with Crippen LogP contribution in [0.2, 0.25) is 0 Å². The molecule has 0 amide bonds. The van der Waals surface area contributed by atoms with E-state index in [0.29, 0.717) is 0 Å². The Bertz CT molecular complexity index is 575. The Hall–Kier alpha value is -1.97. The lowest BCUT2D eigenvalue weighted by Gasteiger charge is -2.12. The Morgan fingerprint density at radius 1 is 1.30 bits per heavy atom. The lowest BCUT2D eigenvalue weighted by molar-refractivity contribution is 0.414. The number of hydrogen-bond acceptors (Lipinski definition) is 3. The van der Waals surface area contributed by atoms with E-state index in [1.807, 2.05) is 25.1 Å². The van der Waals surface area contributed by atoms with Crippen LogP contribution in [0.4, 0.5) is 11.6 Å². The standard InChI is InChI=1S/C16H23N3O/c1-5-6-9-19-11-13(3)17-16(19)18-15-8-7-14(20-4)10-12(15)2/h7-8,10-11H,5-6,9H2,1-4H3,(H,17,18). The fourth-order valence-electron chi connectivity index (χ4n) is 2.17. The van der Waals surface area contributed by atoms with Gasteiger partial charge in [0.15, 0.2) is 0 Å². The van der Waals surface area contributed by atoms with Crippen molar-refractivity contribution in [1.82, 2.24) is 9.55 Å². The van der Waals surface area contributed by atoms with Gasteiger partial charge in [0.05, 0.1) is 12.8 Å². The predicted octanol–water partition coefficient (Wildman–Crippen LogP) is 4.05. The van der Waals surface area contributed by atoms with Crippen molar-refractivity contribution >= 4 is 11.6 Å². The molecule has 108 valence electrons. The summed E-state index contributed by atoms with van der Waals surface area (Å²) in [5, 5.41) is 3.42. The molecule has 4 heteroatoms. The maximum atomic E-state index is 5.23. The molecule has 2 rings (SSSR count). The van der Waals surface area contributed by atoms with Crippen LogP contribution in [0.25, 0.3) is 0 Å². The molecular weight excluding hydrogens is 250 g/mol. The first-order valence-electron chi connectivity index (χ1n) is 7.09. The molecule has 0 bridgehead atoms. The van der Waals surface area contributed by atoms with E-state index in [9.17, 15) is 0 Å². The second-order valence-corrected chi connectivity index (χ2v) is 5.06. The van der Waals surface area contributed by atoms with Crippen molar-refractivity contribution in [3.05, 3.63) is 35.7 Å². The fraction of sp³-hybridized carbons (Fsp3) is 0.438. The Kier molecular flexibility index (Phi) is 4.66. The first kappa shape index (κ1) is 14.4. The molecule has 0 saturated carbocycles. The number of benzene rings is 1. The maximum Gasteiger partial charge on any atom is 0.207 e. The van der Waals surface area contributed by atoms with Crippen molar-refractivity contribution < 1.29 is 4.74 Å². The zero-order valence-electron chi connectivity index (χ0n) is 12.7. The molecule has 0 aliphatic heterocycles.